The third kappa shape index (κ3) is 2.43. The normalized spacial score (nSPS) is 14.6. The summed E-state index contributed by atoms with van der Waals surface area (Å²) in [5.41, 5.74) is 0.622. The molecule has 0 aromatic heterocycles. The van der Waals surface area contributed by atoms with E-state index in [1.54, 1.807) is 0 Å². The molecule has 60 valence electrons. The maximum atomic E-state index is 12.2. The summed E-state index contributed by atoms with van der Waals surface area (Å²) in [6.45, 7) is 0.329. The molecule has 0 amide bonds. The Morgan fingerprint density at radius 1 is 1.20 bits per heavy atom. The molecule has 0 N–H and O–H groups in total. The summed E-state index contributed by atoms with van der Waals surface area (Å²) in [6, 6.07) is 0. The first kappa shape index (κ1) is 10.2. The van der Waals surface area contributed by atoms with Gasteiger partial charge in [0, 0.05) is 5.54 Å². The minimum absolute atomic E-state index is 0.154. The molecular formula is C3H5ClF4Si2. The first-order valence-electron chi connectivity index (χ1n) is 2.35. The molecule has 0 atom stereocenters. The van der Waals surface area contributed by atoms with Crippen molar-refractivity contribution in [2.24, 2.45) is 0 Å². The van der Waals surface area contributed by atoms with Gasteiger partial charge in [0.25, 0.3) is 0 Å². The first-order valence-corrected chi connectivity index (χ1v) is 7.87. The van der Waals surface area contributed by atoms with Crippen molar-refractivity contribution in [3.05, 3.63) is 11.2 Å². The zero-order valence-electron chi connectivity index (χ0n) is 5.04. The third-order valence-electron chi connectivity index (χ3n) is 0.858. The highest BCUT2D eigenvalue weighted by Crippen LogP contribution is 2.25. The second kappa shape index (κ2) is 3.06. The van der Waals surface area contributed by atoms with Crippen LogP contribution >= 0.6 is 11.6 Å². The summed E-state index contributed by atoms with van der Waals surface area (Å²) in [4.78, 5) is 0. The monoisotopic (exact) mass is 208 g/mol. The van der Waals surface area contributed by atoms with E-state index < -0.39 is 16.5 Å². The second-order valence-electron chi connectivity index (χ2n) is 1.80. The molecule has 0 aliphatic carbocycles. The Hall–Kier alpha value is 0.184. The van der Waals surface area contributed by atoms with Gasteiger partial charge in [0.15, 0.2) is 0 Å². The van der Waals surface area contributed by atoms with Gasteiger partial charge in [0.05, 0.1) is 0 Å². The quantitative estimate of drug-likeness (QED) is 0.372. The van der Waals surface area contributed by atoms with Crippen LogP contribution in [0.4, 0.5) is 16.4 Å². The van der Waals surface area contributed by atoms with E-state index in [0.29, 0.717) is 12.1 Å². The molecule has 0 heterocycles. The van der Waals surface area contributed by atoms with Crippen LogP contribution in [0.2, 0.25) is 6.55 Å². The third-order valence-corrected chi connectivity index (χ3v) is 6.96. The van der Waals surface area contributed by atoms with Crippen LogP contribution in [-0.4, -0.2) is 16.5 Å². The minimum atomic E-state index is -5.41. The average molecular weight is 209 g/mol. The lowest BCUT2D eigenvalue weighted by atomic mass is 11.3. The van der Waals surface area contributed by atoms with Gasteiger partial charge in [-0.25, -0.2) is 0 Å². The van der Waals surface area contributed by atoms with Gasteiger partial charge in [-0.05, 0) is 12.2 Å². The van der Waals surface area contributed by atoms with Crippen molar-refractivity contribution < 1.29 is 16.4 Å². The number of halogens is 5. The number of rotatable bonds is 2. The summed E-state index contributed by atoms with van der Waals surface area (Å²) < 4.78 is 48.5. The molecule has 0 aliphatic rings. The molecule has 10 heavy (non-hydrogen) atoms. The minimum Gasteiger partial charge on any atom is -0.268 e. The van der Waals surface area contributed by atoms with Crippen molar-refractivity contribution in [2.45, 2.75) is 6.55 Å². The second-order valence-corrected chi connectivity index (χ2v) is 10.0. The van der Waals surface area contributed by atoms with Crippen molar-refractivity contribution in [1.82, 2.24) is 0 Å². The van der Waals surface area contributed by atoms with Crippen LogP contribution in [-0.2, 0) is 0 Å². The summed E-state index contributed by atoms with van der Waals surface area (Å²) in [7, 11) is -10.7. The summed E-state index contributed by atoms with van der Waals surface area (Å²) in [6.07, 6.45) is 0. The van der Waals surface area contributed by atoms with Crippen molar-refractivity contribution in [1.29, 1.82) is 0 Å². The molecule has 7 heteroatoms. The first-order chi connectivity index (χ1) is 4.31. The van der Waals surface area contributed by atoms with Gasteiger partial charge < -0.3 is 0 Å². The predicted molar refractivity (Wildman–Crippen MR) is 36.8 cm³/mol. The molecule has 0 bridgehead atoms. The predicted octanol–water partition coefficient (Wildman–Crippen LogP) is 2.75. The molecule has 0 fully saturated rings. The molecule has 0 nitrogen and oxygen atoms in total. The molecule has 0 saturated carbocycles. The molecular weight excluding hydrogens is 204 g/mol. The standard InChI is InChI=1S/C3H5ClF4Si2/c1-9(5,6)10(7,8)3-2-4/h2-3H,1H3/b3-2+. The Morgan fingerprint density at radius 2 is 1.60 bits per heavy atom. The van der Waals surface area contributed by atoms with Gasteiger partial charge in [-0.1, -0.05) is 11.6 Å². The van der Waals surface area contributed by atoms with Crippen LogP contribution in [0.1, 0.15) is 0 Å². The largest absolute Gasteiger partial charge is 0.499 e. The molecule has 0 unspecified atom stereocenters. The van der Waals surface area contributed by atoms with Crippen LogP contribution in [0, 0.1) is 0 Å². The van der Waals surface area contributed by atoms with Crippen LogP contribution in [0.5, 0.6) is 0 Å². The van der Waals surface area contributed by atoms with Gasteiger partial charge in [-0.3, -0.25) is 16.4 Å². The fraction of sp³-hybridized carbons (Fsp3) is 0.333. The summed E-state index contributed by atoms with van der Waals surface area (Å²) >= 11 is 4.76. The van der Waals surface area contributed by atoms with Gasteiger partial charge in [-0.15, -0.1) is 0 Å². The van der Waals surface area contributed by atoms with Crippen LogP contribution in [0.25, 0.3) is 0 Å². The molecule has 0 radical (unpaired) electrons. The lowest BCUT2D eigenvalue weighted by Crippen LogP contribution is -2.47. The van der Waals surface area contributed by atoms with Crippen molar-refractivity contribution in [3.63, 3.8) is 0 Å². The average Bonchev–Trinajstić information content (AvgIpc) is 1.61. The van der Waals surface area contributed by atoms with Crippen molar-refractivity contribution in [2.75, 3.05) is 0 Å². The SMILES string of the molecule is C[Si](F)(F)[Si](F)(F)/C=C/Cl. The van der Waals surface area contributed by atoms with Crippen LogP contribution < -0.4 is 0 Å². The molecule has 0 aliphatic heterocycles. The Labute approximate surface area is 63.0 Å². The zero-order chi connectivity index (χ0) is 8.41. The van der Waals surface area contributed by atoms with E-state index in [9.17, 15) is 16.4 Å². The van der Waals surface area contributed by atoms with Crippen molar-refractivity contribution >= 4 is 28.1 Å². The fourth-order valence-corrected chi connectivity index (χ4v) is 2.60. The van der Waals surface area contributed by atoms with E-state index >= 15 is 0 Å². The highest BCUT2D eigenvalue weighted by molar-refractivity contribution is 7.32. The maximum absolute atomic E-state index is 12.2. The van der Waals surface area contributed by atoms with E-state index in [2.05, 4.69) is 0 Å². The van der Waals surface area contributed by atoms with Gasteiger partial charge in [0.1, 0.15) is 0 Å². The van der Waals surface area contributed by atoms with E-state index in [-0.39, 0.29) is 5.70 Å². The van der Waals surface area contributed by atoms with E-state index in [1.807, 2.05) is 0 Å². The zero-order valence-corrected chi connectivity index (χ0v) is 7.80. The number of hydrogen-bond acceptors (Lipinski definition) is 0. The van der Waals surface area contributed by atoms with Gasteiger partial charge in [0.2, 0.25) is 0 Å². The molecule has 0 spiro atoms. The van der Waals surface area contributed by atoms with Gasteiger partial charge in [-0.2, -0.15) is 0 Å². The molecule has 0 aromatic rings. The smallest absolute Gasteiger partial charge is 0.268 e. The lowest BCUT2D eigenvalue weighted by molar-refractivity contribution is 0.576. The highest BCUT2D eigenvalue weighted by atomic mass is 35.5. The topological polar surface area (TPSA) is 0 Å². The fourth-order valence-electron chi connectivity index (χ4n) is 0.225. The number of hydrogen-bond donors (Lipinski definition) is 0. The Balaban J connectivity index is 4.40. The summed E-state index contributed by atoms with van der Waals surface area (Å²) in [5.74, 6) is 0. The van der Waals surface area contributed by atoms with Gasteiger partial charge >= 0.3 is 16.5 Å². The maximum Gasteiger partial charge on any atom is 0.499 e. The Kier molecular flexibility index (Phi) is 3.11. The molecule has 0 saturated heterocycles. The molecule has 0 aromatic carbocycles. The lowest BCUT2D eigenvalue weighted by Gasteiger charge is -2.11. The molecule has 0 rings (SSSR count). The van der Waals surface area contributed by atoms with E-state index in [4.69, 9.17) is 11.6 Å². The summed E-state index contributed by atoms with van der Waals surface area (Å²) in [5, 5.41) is 0. The highest BCUT2D eigenvalue weighted by Gasteiger charge is 2.59. The van der Waals surface area contributed by atoms with Crippen LogP contribution in [0.3, 0.4) is 0 Å². The van der Waals surface area contributed by atoms with E-state index in [0.717, 1.165) is 0 Å². The Bertz CT molecular complexity index is 140. The Morgan fingerprint density at radius 3 is 1.70 bits per heavy atom. The van der Waals surface area contributed by atoms with E-state index in [1.165, 1.54) is 0 Å². The van der Waals surface area contributed by atoms with Crippen molar-refractivity contribution in [3.8, 4) is 0 Å². The van der Waals surface area contributed by atoms with Crippen LogP contribution in [0.15, 0.2) is 11.2 Å².